The molecule has 2 aliphatic rings. The lowest BCUT2D eigenvalue weighted by Gasteiger charge is -2.36. The number of amides is 3. The molecule has 190 valence electrons. The van der Waals surface area contributed by atoms with Crippen LogP contribution in [0.15, 0.2) is 55.0 Å². The minimum Gasteiger partial charge on any atom is -0.342 e. The Morgan fingerprint density at radius 3 is 2.44 bits per heavy atom. The standard InChI is InChI=1S/C27H31F2N5O2/c28-27(29)10-5-22(6-11-27)25(35)34-14-8-21(9-15-34)20-1-3-23(4-2-20)32-26(36)31-18-19-7-13-33-16-12-30-24(33)17-19/h1-4,7,12-13,16-17,21-22H,5-6,8-11,14-15,18H2,(H2,31,32,36). The fourth-order valence-electron chi connectivity index (χ4n) is 5.24. The van der Waals surface area contributed by atoms with Crippen molar-refractivity contribution >= 4 is 23.3 Å². The van der Waals surface area contributed by atoms with Crippen LogP contribution < -0.4 is 10.6 Å². The number of aromatic nitrogens is 2. The number of carbonyl (C=O) groups is 2. The molecule has 2 aromatic heterocycles. The highest BCUT2D eigenvalue weighted by molar-refractivity contribution is 5.89. The number of benzene rings is 1. The quantitative estimate of drug-likeness (QED) is 0.512. The lowest BCUT2D eigenvalue weighted by Crippen LogP contribution is -2.43. The van der Waals surface area contributed by atoms with E-state index in [1.807, 2.05) is 58.1 Å². The molecule has 7 nitrogen and oxygen atoms in total. The van der Waals surface area contributed by atoms with Crippen LogP contribution in [-0.4, -0.2) is 45.2 Å². The van der Waals surface area contributed by atoms with Gasteiger partial charge in [-0.15, -0.1) is 0 Å². The average Bonchev–Trinajstić information content (AvgIpc) is 3.36. The number of imidazole rings is 1. The number of anilines is 1. The summed E-state index contributed by atoms with van der Waals surface area (Å²) < 4.78 is 28.7. The van der Waals surface area contributed by atoms with E-state index in [0.29, 0.717) is 31.2 Å². The number of urea groups is 1. The number of halogens is 2. The Bertz CT molecular complexity index is 1210. The van der Waals surface area contributed by atoms with Crippen LogP contribution in [0, 0.1) is 5.92 Å². The number of rotatable bonds is 5. The highest BCUT2D eigenvalue weighted by Gasteiger charge is 2.39. The Labute approximate surface area is 208 Å². The molecule has 3 heterocycles. The minimum absolute atomic E-state index is 0.0409. The second-order valence-electron chi connectivity index (χ2n) is 9.89. The monoisotopic (exact) mass is 495 g/mol. The first kappa shape index (κ1) is 24.2. The third-order valence-corrected chi connectivity index (χ3v) is 7.43. The number of alkyl halides is 2. The molecule has 3 amide bonds. The van der Waals surface area contributed by atoms with Gasteiger partial charge in [0.2, 0.25) is 11.8 Å². The molecule has 5 rings (SSSR count). The van der Waals surface area contributed by atoms with Gasteiger partial charge in [-0.05, 0) is 67.0 Å². The van der Waals surface area contributed by atoms with Crippen LogP contribution in [0.4, 0.5) is 19.3 Å². The van der Waals surface area contributed by atoms with Crippen LogP contribution in [0.3, 0.4) is 0 Å². The highest BCUT2D eigenvalue weighted by Crippen LogP contribution is 2.38. The molecule has 2 fully saturated rings. The number of carbonyl (C=O) groups excluding carboxylic acids is 2. The van der Waals surface area contributed by atoms with Crippen LogP contribution in [0.5, 0.6) is 0 Å². The van der Waals surface area contributed by atoms with Gasteiger partial charge in [0.1, 0.15) is 5.65 Å². The fourth-order valence-corrected chi connectivity index (χ4v) is 5.24. The minimum atomic E-state index is -2.61. The second kappa shape index (κ2) is 10.2. The van der Waals surface area contributed by atoms with Gasteiger partial charge in [0.25, 0.3) is 0 Å². The van der Waals surface area contributed by atoms with Crippen molar-refractivity contribution in [2.75, 3.05) is 18.4 Å². The molecular weight excluding hydrogens is 464 g/mol. The lowest BCUT2D eigenvalue weighted by atomic mass is 9.84. The van der Waals surface area contributed by atoms with Gasteiger partial charge in [0, 0.05) is 62.7 Å². The zero-order valence-electron chi connectivity index (χ0n) is 20.1. The molecule has 1 aromatic carbocycles. The molecule has 1 saturated carbocycles. The van der Waals surface area contributed by atoms with E-state index >= 15 is 0 Å². The number of pyridine rings is 1. The van der Waals surface area contributed by atoms with Crippen molar-refractivity contribution < 1.29 is 18.4 Å². The van der Waals surface area contributed by atoms with E-state index in [1.54, 1.807) is 6.20 Å². The van der Waals surface area contributed by atoms with Crippen LogP contribution in [0.2, 0.25) is 0 Å². The van der Waals surface area contributed by atoms with Gasteiger partial charge in [0.15, 0.2) is 0 Å². The fraction of sp³-hybridized carbons (Fsp3) is 0.444. The molecule has 0 bridgehead atoms. The normalized spacial score (nSPS) is 18.8. The molecule has 1 saturated heterocycles. The second-order valence-corrected chi connectivity index (χ2v) is 9.89. The third-order valence-electron chi connectivity index (χ3n) is 7.43. The summed E-state index contributed by atoms with van der Waals surface area (Å²) in [6, 6.07) is 11.4. The Kier molecular flexibility index (Phi) is 6.89. The predicted molar refractivity (Wildman–Crippen MR) is 133 cm³/mol. The molecule has 2 N–H and O–H groups in total. The molecule has 0 unspecified atom stereocenters. The zero-order valence-corrected chi connectivity index (χ0v) is 20.1. The molecule has 0 radical (unpaired) electrons. The van der Waals surface area contributed by atoms with E-state index in [4.69, 9.17) is 0 Å². The number of fused-ring (bicyclic) bond motifs is 1. The third kappa shape index (κ3) is 5.66. The van der Waals surface area contributed by atoms with Crippen molar-refractivity contribution in [3.8, 4) is 0 Å². The summed E-state index contributed by atoms with van der Waals surface area (Å²) in [4.78, 5) is 31.2. The number of hydrogen-bond acceptors (Lipinski definition) is 3. The first-order chi connectivity index (χ1) is 17.4. The molecule has 0 atom stereocenters. The Morgan fingerprint density at radius 1 is 1.00 bits per heavy atom. The van der Waals surface area contributed by atoms with Crippen molar-refractivity contribution in [3.63, 3.8) is 0 Å². The number of piperidine rings is 1. The Balaban J connectivity index is 1.07. The number of nitrogens with zero attached hydrogens (tertiary/aromatic N) is 3. The smallest absolute Gasteiger partial charge is 0.319 e. The van der Waals surface area contributed by atoms with Crippen LogP contribution >= 0.6 is 0 Å². The maximum Gasteiger partial charge on any atom is 0.319 e. The van der Waals surface area contributed by atoms with E-state index in [0.717, 1.165) is 24.1 Å². The number of likely N-dealkylation sites (tertiary alicyclic amines) is 1. The van der Waals surface area contributed by atoms with Crippen LogP contribution in [-0.2, 0) is 11.3 Å². The largest absolute Gasteiger partial charge is 0.342 e. The molecule has 1 aliphatic carbocycles. The maximum atomic E-state index is 13.4. The van der Waals surface area contributed by atoms with Gasteiger partial charge < -0.3 is 19.9 Å². The highest BCUT2D eigenvalue weighted by atomic mass is 19.3. The van der Waals surface area contributed by atoms with Gasteiger partial charge in [0.05, 0.1) is 0 Å². The Morgan fingerprint density at radius 2 is 1.72 bits per heavy atom. The summed E-state index contributed by atoms with van der Waals surface area (Å²) in [5.41, 5.74) is 3.68. The van der Waals surface area contributed by atoms with E-state index in [1.165, 1.54) is 5.56 Å². The first-order valence-electron chi connectivity index (χ1n) is 12.6. The van der Waals surface area contributed by atoms with Crippen molar-refractivity contribution in [2.24, 2.45) is 5.92 Å². The Hall–Kier alpha value is -3.49. The van der Waals surface area contributed by atoms with Gasteiger partial charge >= 0.3 is 6.03 Å². The van der Waals surface area contributed by atoms with Crippen molar-refractivity contribution in [1.82, 2.24) is 19.6 Å². The SMILES string of the molecule is O=C(NCc1ccn2ccnc2c1)Nc1ccc(C2CCN(C(=O)C3CCC(F)(F)CC3)CC2)cc1. The van der Waals surface area contributed by atoms with Gasteiger partial charge in [-0.25, -0.2) is 18.6 Å². The summed E-state index contributed by atoms with van der Waals surface area (Å²) in [6.07, 6.45) is 7.42. The summed E-state index contributed by atoms with van der Waals surface area (Å²) in [6.45, 7) is 1.71. The first-order valence-corrected chi connectivity index (χ1v) is 12.6. The van der Waals surface area contributed by atoms with E-state index in [2.05, 4.69) is 15.6 Å². The molecule has 0 spiro atoms. The van der Waals surface area contributed by atoms with Crippen molar-refractivity contribution in [2.45, 2.75) is 56.9 Å². The predicted octanol–water partition coefficient (Wildman–Crippen LogP) is 5.19. The van der Waals surface area contributed by atoms with Gasteiger partial charge in [-0.2, -0.15) is 0 Å². The topological polar surface area (TPSA) is 78.7 Å². The summed E-state index contributed by atoms with van der Waals surface area (Å²) in [7, 11) is 0. The van der Waals surface area contributed by atoms with Gasteiger partial charge in [-0.1, -0.05) is 12.1 Å². The van der Waals surface area contributed by atoms with Crippen LogP contribution in [0.1, 0.15) is 55.6 Å². The zero-order chi connectivity index (χ0) is 25.1. The van der Waals surface area contributed by atoms with Gasteiger partial charge in [-0.3, -0.25) is 4.79 Å². The number of hydrogen-bond donors (Lipinski definition) is 2. The molecular formula is C27H31F2N5O2. The summed E-state index contributed by atoms with van der Waals surface area (Å²) in [5.74, 6) is -2.49. The van der Waals surface area contributed by atoms with Crippen molar-refractivity contribution in [3.05, 3.63) is 66.1 Å². The van der Waals surface area contributed by atoms with E-state index in [9.17, 15) is 18.4 Å². The van der Waals surface area contributed by atoms with E-state index < -0.39 is 5.92 Å². The summed E-state index contributed by atoms with van der Waals surface area (Å²) in [5, 5.41) is 5.72. The van der Waals surface area contributed by atoms with E-state index in [-0.39, 0.29) is 43.5 Å². The maximum absolute atomic E-state index is 13.4. The molecule has 9 heteroatoms. The summed E-state index contributed by atoms with van der Waals surface area (Å²) >= 11 is 0. The molecule has 1 aliphatic heterocycles. The molecule has 36 heavy (non-hydrogen) atoms. The van der Waals surface area contributed by atoms with Crippen molar-refractivity contribution in [1.29, 1.82) is 0 Å². The molecule has 3 aromatic rings. The average molecular weight is 496 g/mol. The number of nitrogens with one attached hydrogen (secondary N) is 2. The van der Waals surface area contributed by atoms with Crippen LogP contribution in [0.25, 0.3) is 5.65 Å². The lowest BCUT2D eigenvalue weighted by molar-refractivity contribution is -0.140.